The van der Waals surface area contributed by atoms with Crippen molar-refractivity contribution in [3.63, 3.8) is 0 Å². The monoisotopic (exact) mass is 331 g/mol. The molecule has 2 heterocycles. The Kier molecular flexibility index (Phi) is 4.45. The molecular weight excluding hydrogens is 314 g/mol. The summed E-state index contributed by atoms with van der Waals surface area (Å²) in [5.74, 6) is -0.191. The Bertz CT molecular complexity index is 765. The number of nitro benzene ring substituents is 1. The summed E-state index contributed by atoms with van der Waals surface area (Å²) < 4.78 is 10.2. The van der Waals surface area contributed by atoms with Crippen LogP contribution < -0.4 is 4.90 Å². The summed E-state index contributed by atoms with van der Waals surface area (Å²) >= 11 is 0. The molecule has 0 aliphatic carbocycles. The van der Waals surface area contributed by atoms with Crippen molar-refractivity contribution < 1.29 is 19.0 Å². The molecule has 1 saturated heterocycles. The fourth-order valence-corrected chi connectivity index (χ4v) is 2.73. The largest absolute Gasteiger partial charge is 0.454 e. The van der Waals surface area contributed by atoms with Crippen LogP contribution in [0, 0.1) is 17.0 Å². The molecule has 0 radical (unpaired) electrons. The van der Waals surface area contributed by atoms with Crippen LogP contribution >= 0.6 is 0 Å². The zero-order valence-electron chi connectivity index (χ0n) is 13.2. The van der Waals surface area contributed by atoms with Crippen LogP contribution in [-0.2, 0) is 11.3 Å². The van der Waals surface area contributed by atoms with E-state index in [1.54, 1.807) is 19.1 Å². The third-order valence-corrected chi connectivity index (χ3v) is 3.88. The van der Waals surface area contributed by atoms with Gasteiger partial charge in [-0.2, -0.15) is 0 Å². The molecule has 1 aromatic carbocycles. The summed E-state index contributed by atoms with van der Waals surface area (Å²) in [6.07, 6.45) is 2.06. The van der Waals surface area contributed by atoms with Crippen LogP contribution in [0.25, 0.3) is 0 Å². The maximum atomic E-state index is 12.4. The summed E-state index contributed by atoms with van der Waals surface area (Å²) in [5.41, 5.74) is 1.41. The van der Waals surface area contributed by atoms with Gasteiger partial charge in [-0.15, -0.1) is 0 Å². The molecule has 0 saturated carbocycles. The number of non-ortho nitro benzene ring substituents is 1. The van der Waals surface area contributed by atoms with Crippen molar-refractivity contribution in [3.05, 3.63) is 51.4 Å². The van der Waals surface area contributed by atoms with Gasteiger partial charge in [0.2, 0.25) is 0 Å². The van der Waals surface area contributed by atoms with E-state index in [0.29, 0.717) is 17.1 Å². The highest BCUT2D eigenvalue weighted by molar-refractivity contribution is 5.96. The predicted octanol–water partition coefficient (Wildman–Crippen LogP) is 2.85. The number of nitrogens with zero attached hydrogens (tertiary/aromatic N) is 3. The Morgan fingerprint density at radius 1 is 1.38 bits per heavy atom. The van der Waals surface area contributed by atoms with Crippen molar-refractivity contribution in [1.29, 1.82) is 0 Å². The van der Waals surface area contributed by atoms with Gasteiger partial charge in [-0.1, -0.05) is 5.16 Å². The van der Waals surface area contributed by atoms with Gasteiger partial charge in [0.1, 0.15) is 0 Å². The average molecular weight is 331 g/mol. The molecule has 3 rings (SSSR count). The maximum Gasteiger partial charge on any atom is 0.340 e. The smallest absolute Gasteiger partial charge is 0.340 e. The number of nitro groups is 1. The predicted molar refractivity (Wildman–Crippen MR) is 84.9 cm³/mol. The average Bonchev–Trinajstić information content (AvgIpc) is 3.23. The first-order chi connectivity index (χ1) is 11.5. The zero-order chi connectivity index (χ0) is 17.1. The molecule has 1 aliphatic heterocycles. The Labute approximate surface area is 138 Å². The van der Waals surface area contributed by atoms with Gasteiger partial charge in [0.05, 0.1) is 21.9 Å². The summed E-state index contributed by atoms with van der Waals surface area (Å²) in [4.78, 5) is 25.0. The lowest BCUT2D eigenvalue weighted by Crippen LogP contribution is -2.21. The first-order valence-corrected chi connectivity index (χ1v) is 7.67. The lowest BCUT2D eigenvalue weighted by molar-refractivity contribution is -0.384. The lowest BCUT2D eigenvalue weighted by Gasteiger charge is -2.20. The van der Waals surface area contributed by atoms with Gasteiger partial charge in [-0.05, 0) is 25.8 Å². The first kappa shape index (κ1) is 16.0. The molecule has 0 unspecified atom stereocenters. The third-order valence-electron chi connectivity index (χ3n) is 3.88. The highest BCUT2D eigenvalue weighted by Crippen LogP contribution is 2.29. The summed E-state index contributed by atoms with van der Waals surface area (Å²) in [5, 5.41) is 14.7. The number of anilines is 1. The van der Waals surface area contributed by atoms with Crippen LogP contribution in [0.3, 0.4) is 0 Å². The second kappa shape index (κ2) is 6.69. The SMILES string of the molecule is Cc1cc(COC(=O)c2cc([N+](=O)[O-])ccc2N2CCCC2)on1. The zero-order valence-corrected chi connectivity index (χ0v) is 13.2. The molecule has 0 bridgehead atoms. The minimum Gasteiger partial charge on any atom is -0.454 e. The molecule has 0 N–H and O–H groups in total. The second-order valence-corrected chi connectivity index (χ2v) is 5.66. The molecule has 8 nitrogen and oxygen atoms in total. The highest BCUT2D eigenvalue weighted by atomic mass is 16.6. The van der Waals surface area contributed by atoms with E-state index in [0.717, 1.165) is 25.9 Å². The quantitative estimate of drug-likeness (QED) is 0.472. The Morgan fingerprint density at radius 2 is 2.12 bits per heavy atom. The Morgan fingerprint density at radius 3 is 2.75 bits per heavy atom. The normalized spacial score (nSPS) is 14.0. The molecule has 1 aliphatic rings. The van der Waals surface area contributed by atoms with Crippen LogP contribution in [0.1, 0.15) is 34.7 Å². The molecule has 1 aromatic heterocycles. The standard InChI is InChI=1S/C16H17N3O5/c1-11-8-13(24-17-11)10-23-16(20)14-9-12(19(21)22)4-5-15(14)18-6-2-3-7-18/h4-5,8-9H,2-3,6-7,10H2,1H3. The van der Waals surface area contributed by atoms with Crippen molar-refractivity contribution >= 4 is 17.3 Å². The van der Waals surface area contributed by atoms with Gasteiger partial charge in [-0.3, -0.25) is 10.1 Å². The van der Waals surface area contributed by atoms with Gasteiger partial charge in [-0.25, -0.2) is 4.79 Å². The van der Waals surface area contributed by atoms with E-state index in [1.807, 2.05) is 4.90 Å². The number of carbonyl (C=O) groups is 1. The van der Waals surface area contributed by atoms with Gasteiger partial charge < -0.3 is 14.2 Å². The second-order valence-electron chi connectivity index (χ2n) is 5.66. The van der Waals surface area contributed by atoms with E-state index < -0.39 is 10.9 Å². The number of esters is 1. The van der Waals surface area contributed by atoms with Gasteiger partial charge in [0.15, 0.2) is 12.4 Å². The van der Waals surface area contributed by atoms with Gasteiger partial charge in [0.25, 0.3) is 5.69 Å². The first-order valence-electron chi connectivity index (χ1n) is 7.67. The molecule has 2 aromatic rings. The third kappa shape index (κ3) is 3.37. The van der Waals surface area contributed by atoms with E-state index >= 15 is 0 Å². The van der Waals surface area contributed by atoms with Gasteiger partial charge >= 0.3 is 5.97 Å². The number of carbonyl (C=O) groups excluding carboxylic acids is 1. The maximum absolute atomic E-state index is 12.4. The minimum atomic E-state index is -0.616. The van der Waals surface area contributed by atoms with Crippen LogP contribution in [-0.4, -0.2) is 29.1 Å². The fourth-order valence-electron chi connectivity index (χ4n) is 2.73. The van der Waals surface area contributed by atoms with Crippen LogP contribution in [0.2, 0.25) is 0 Å². The number of ether oxygens (including phenoxy) is 1. The number of benzene rings is 1. The van der Waals surface area contributed by atoms with Crippen molar-refractivity contribution in [2.24, 2.45) is 0 Å². The number of rotatable bonds is 5. The lowest BCUT2D eigenvalue weighted by atomic mass is 10.1. The summed E-state index contributed by atoms with van der Waals surface area (Å²) in [7, 11) is 0. The van der Waals surface area contributed by atoms with Gasteiger partial charge in [0, 0.05) is 31.3 Å². The van der Waals surface area contributed by atoms with Crippen molar-refractivity contribution in [2.75, 3.05) is 18.0 Å². The molecule has 0 spiro atoms. The van der Waals surface area contributed by atoms with Crippen molar-refractivity contribution in [2.45, 2.75) is 26.4 Å². The number of aryl methyl sites for hydroxylation is 1. The fraction of sp³-hybridized carbons (Fsp3) is 0.375. The molecule has 24 heavy (non-hydrogen) atoms. The number of aromatic nitrogens is 1. The van der Waals surface area contributed by atoms with Crippen molar-refractivity contribution in [1.82, 2.24) is 5.16 Å². The van der Waals surface area contributed by atoms with E-state index in [9.17, 15) is 14.9 Å². The molecule has 0 amide bonds. The van der Waals surface area contributed by atoms with E-state index in [1.165, 1.54) is 12.1 Å². The molecule has 8 heteroatoms. The Hall–Kier alpha value is -2.90. The number of hydrogen-bond acceptors (Lipinski definition) is 7. The van der Waals surface area contributed by atoms with E-state index in [2.05, 4.69) is 5.16 Å². The summed E-state index contributed by atoms with van der Waals surface area (Å²) in [6, 6.07) is 5.95. The van der Waals surface area contributed by atoms with Crippen LogP contribution in [0.4, 0.5) is 11.4 Å². The van der Waals surface area contributed by atoms with E-state index in [-0.39, 0.29) is 17.9 Å². The minimum absolute atomic E-state index is 0.0677. The van der Waals surface area contributed by atoms with Crippen LogP contribution in [0.15, 0.2) is 28.8 Å². The highest BCUT2D eigenvalue weighted by Gasteiger charge is 2.23. The molecule has 126 valence electrons. The topological polar surface area (TPSA) is 98.7 Å². The molecular formula is C16H17N3O5. The van der Waals surface area contributed by atoms with Crippen LogP contribution in [0.5, 0.6) is 0 Å². The molecule has 0 atom stereocenters. The van der Waals surface area contributed by atoms with E-state index in [4.69, 9.17) is 9.26 Å². The number of hydrogen-bond donors (Lipinski definition) is 0. The summed E-state index contributed by atoms with van der Waals surface area (Å²) in [6.45, 7) is 3.33. The Balaban J connectivity index is 1.83. The molecule has 1 fully saturated rings. The van der Waals surface area contributed by atoms with Crippen molar-refractivity contribution in [3.8, 4) is 0 Å².